The van der Waals surface area contributed by atoms with Crippen molar-refractivity contribution >= 4 is 23.3 Å². The van der Waals surface area contributed by atoms with E-state index >= 15 is 0 Å². The number of rotatable bonds is 3. The molecule has 0 spiro atoms. The lowest BCUT2D eigenvalue weighted by molar-refractivity contribution is 0.0599. The van der Waals surface area contributed by atoms with Crippen molar-refractivity contribution in [2.45, 2.75) is 6.92 Å². The molecule has 0 aliphatic rings. The number of carbonyl (C=O) groups is 2. The van der Waals surface area contributed by atoms with Gasteiger partial charge in [0.15, 0.2) is 0 Å². The van der Waals surface area contributed by atoms with E-state index < -0.39 is 5.97 Å². The van der Waals surface area contributed by atoms with E-state index in [9.17, 15) is 9.59 Å². The van der Waals surface area contributed by atoms with Gasteiger partial charge in [-0.3, -0.25) is 4.79 Å². The number of ether oxygens (including phenoxy) is 1. The van der Waals surface area contributed by atoms with Gasteiger partial charge < -0.3 is 15.8 Å². The number of aromatic nitrogens is 1. The summed E-state index contributed by atoms with van der Waals surface area (Å²) in [5, 5.41) is 2.72. The molecule has 0 aliphatic carbocycles. The minimum absolute atomic E-state index is 0.243. The number of esters is 1. The number of pyridine rings is 1. The summed E-state index contributed by atoms with van der Waals surface area (Å²) >= 11 is 0. The highest BCUT2D eigenvalue weighted by Crippen LogP contribution is 2.20. The predicted molar refractivity (Wildman–Crippen MR) is 79.1 cm³/mol. The van der Waals surface area contributed by atoms with Crippen molar-refractivity contribution in [3.63, 3.8) is 0 Å². The molecule has 1 amide bonds. The molecule has 2 rings (SSSR count). The number of nitrogens with one attached hydrogen (secondary N) is 1. The van der Waals surface area contributed by atoms with Crippen molar-refractivity contribution in [2.24, 2.45) is 0 Å². The number of hydrogen-bond donors (Lipinski definition) is 2. The molecular formula is C15H15N3O3. The largest absolute Gasteiger partial charge is 0.465 e. The number of nitrogens with zero attached hydrogens (tertiary/aromatic N) is 1. The Bertz CT molecular complexity index is 681. The first kappa shape index (κ1) is 14.5. The highest BCUT2D eigenvalue weighted by molar-refractivity contribution is 6.04. The third-order valence-electron chi connectivity index (χ3n) is 3.01. The molecule has 21 heavy (non-hydrogen) atoms. The van der Waals surface area contributed by atoms with Crippen LogP contribution in [0, 0.1) is 6.92 Å². The topological polar surface area (TPSA) is 94.3 Å². The zero-order valence-electron chi connectivity index (χ0n) is 11.7. The monoisotopic (exact) mass is 285 g/mol. The summed E-state index contributed by atoms with van der Waals surface area (Å²) in [7, 11) is 1.31. The van der Waals surface area contributed by atoms with E-state index in [0.29, 0.717) is 22.5 Å². The molecule has 108 valence electrons. The Morgan fingerprint density at radius 1 is 1.24 bits per heavy atom. The predicted octanol–water partition coefficient (Wildman–Crippen LogP) is 2.01. The Kier molecular flexibility index (Phi) is 4.18. The molecule has 0 radical (unpaired) electrons. The first-order chi connectivity index (χ1) is 10.0. The van der Waals surface area contributed by atoms with Gasteiger partial charge >= 0.3 is 5.97 Å². The quantitative estimate of drug-likeness (QED) is 0.841. The molecular weight excluding hydrogens is 270 g/mol. The maximum atomic E-state index is 12.1. The SMILES string of the molecule is COC(=O)c1cccc(NC(=O)c2ccc(N)cn2)c1C. The summed E-state index contributed by atoms with van der Waals surface area (Å²) in [4.78, 5) is 27.7. The number of methoxy groups -OCH3 is 1. The fraction of sp³-hybridized carbons (Fsp3) is 0.133. The third kappa shape index (κ3) is 3.17. The van der Waals surface area contributed by atoms with Gasteiger partial charge in [-0.25, -0.2) is 9.78 Å². The first-order valence-corrected chi connectivity index (χ1v) is 6.23. The van der Waals surface area contributed by atoms with Gasteiger partial charge in [0.1, 0.15) is 5.69 Å². The van der Waals surface area contributed by atoms with Crippen LogP contribution in [0.5, 0.6) is 0 Å². The molecule has 6 nitrogen and oxygen atoms in total. The van der Waals surface area contributed by atoms with Crippen molar-refractivity contribution in [2.75, 3.05) is 18.2 Å². The van der Waals surface area contributed by atoms with Crippen molar-refractivity contribution < 1.29 is 14.3 Å². The van der Waals surface area contributed by atoms with E-state index in [2.05, 4.69) is 10.3 Å². The molecule has 1 heterocycles. The van der Waals surface area contributed by atoms with Crippen LogP contribution in [0.2, 0.25) is 0 Å². The average molecular weight is 285 g/mol. The van der Waals surface area contributed by atoms with Gasteiger partial charge in [0, 0.05) is 5.69 Å². The molecule has 0 saturated heterocycles. The molecule has 2 aromatic rings. The molecule has 0 fully saturated rings. The van der Waals surface area contributed by atoms with E-state index in [0.717, 1.165) is 0 Å². The number of anilines is 2. The molecule has 1 aromatic heterocycles. The van der Waals surface area contributed by atoms with Gasteiger partial charge in [0.05, 0.1) is 24.6 Å². The van der Waals surface area contributed by atoms with Crippen molar-refractivity contribution in [3.8, 4) is 0 Å². The third-order valence-corrected chi connectivity index (χ3v) is 3.01. The van der Waals surface area contributed by atoms with Crippen LogP contribution in [0.3, 0.4) is 0 Å². The second-order valence-corrected chi connectivity index (χ2v) is 4.40. The lowest BCUT2D eigenvalue weighted by atomic mass is 10.1. The standard InChI is InChI=1S/C15H15N3O3/c1-9-11(15(20)21-2)4-3-5-12(9)18-14(19)13-7-6-10(16)8-17-13/h3-8H,16H2,1-2H3,(H,18,19). The second-order valence-electron chi connectivity index (χ2n) is 4.40. The van der Waals surface area contributed by atoms with Crippen LogP contribution in [-0.2, 0) is 4.74 Å². The van der Waals surface area contributed by atoms with E-state index in [4.69, 9.17) is 10.5 Å². The summed E-state index contributed by atoms with van der Waals surface area (Å²) in [5.41, 5.74) is 7.82. The summed E-state index contributed by atoms with van der Waals surface area (Å²) in [6.45, 7) is 1.73. The molecule has 0 bridgehead atoms. The second kappa shape index (κ2) is 6.04. The minimum Gasteiger partial charge on any atom is -0.465 e. The summed E-state index contributed by atoms with van der Waals surface area (Å²) < 4.78 is 4.70. The van der Waals surface area contributed by atoms with E-state index in [1.807, 2.05) is 0 Å². The van der Waals surface area contributed by atoms with E-state index in [-0.39, 0.29) is 11.6 Å². The normalized spacial score (nSPS) is 10.0. The smallest absolute Gasteiger partial charge is 0.338 e. The highest BCUT2D eigenvalue weighted by atomic mass is 16.5. The molecule has 0 saturated carbocycles. The van der Waals surface area contributed by atoms with Gasteiger partial charge in [-0.05, 0) is 36.8 Å². The zero-order valence-corrected chi connectivity index (χ0v) is 11.7. The van der Waals surface area contributed by atoms with Crippen LogP contribution in [0.15, 0.2) is 36.5 Å². The lowest BCUT2D eigenvalue weighted by Gasteiger charge is -2.11. The van der Waals surface area contributed by atoms with Gasteiger partial charge in [-0.15, -0.1) is 0 Å². The Morgan fingerprint density at radius 2 is 2.00 bits per heavy atom. The van der Waals surface area contributed by atoms with Crippen LogP contribution in [0.25, 0.3) is 0 Å². The first-order valence-electron chi connectivity index (χ1n) is 6.23. The maximum absolute atomic E-state index is 12.1. The molecule has 0 atom stereocenters. The number of hydrogen-bond acceptors (Lipinski definition) is 5. The van der Waals surface area contributed by atoms with Crippen LogP contribution < -0.4 is 11.1 Å². The van der Waals surface area contributed by atoms with Gasteiger partial charge in [0.25, 0.3) is 5.91 Å². The Hall–Kier alpha value is -2.89. The van der Waals surface area contributed by atoms with Gasteiger partial charge in [0.2, 0.25) is 0 Å². The van der Waals surface area contributed by atoms with Crippen molar-refractivity contribution in [1.82, 2.24) is 4.98 Å². The van der Waals surface area contributed by atoms with Gasteiger partial charge in [-0.2, -0.15) is 0 Å². The molecule has 1 aromatic carbocycles. The summed E-state index contributed by atoms with van der Waals surface area (Å²) in [6, 6.07) is 8.14. The molecule has 3 N–H and O–H groups in total. The fourth-order valence-corrected chi connectivity index (χ4v) is 1.83. The Balaban J connectivity index is 2.25. The molecule has 0 unspecified atom stereocenters. The van der Waals surface area contributed by atoms with E-state index in [1.165, 1.54) is 19.4 Å². The fourth-order valence-electron chi connectivity index (χ4n) is 1.83. The number of nitrogens with two attached hydrogens (primary N) is 1. The molecule has 6 heteroatoms. The van der Waals surface area contributed by atoms with Crippen LogP contribution in [-0.4, -0.2) is 24.0 Å². The maximum Gasteiger partial charge on any atom is 0.338 e. The Labute approximate surface area is 121 Å². The zero-order chi connectivity index (χ0) is 15.4. The van der Waals surface area contributed by atoms with Crippen LogP contribution in [0.4, 0.5) is 11.4 Å². The number of benzene rings is 1. The van der Waals surface area contributed by atoms with E-state index in [1.54, 1.807) is 31.2 Å². The summed E-state index contributed by atoms with van der Waals surface area (Å²) in [6.07, 6.45) is 1.41. The summed E-state index contributed by atoms with van der Waals surface area (Å²) in [5.74, 6) is -0.825. The Morgan fingerprint density at radius 3 is 2.62 bits per heavy atom. The van der Waals surface area contributed by atoms with Crippen LogP contribution in [0.1, 0.15) is 26.4 Å². The van der Waals surface area contributed by atoms with Crippen LogP contribution >= 0.6 is 0 Å². The van der Waals surface area contributed by atoms with Crippen molar-refractivity contribution in [1.29, 1.82) is 0 Å². The number of carbonyl (C=O) groups excluding carboxylic acids is 2. The lowest BCUT2D eigenvalue weighted by Crippen LogP contribution is -2.15. The average Bonchev–Trinajstić information content (AvgIpc) is 2.49. The number of amides is 1. The van der Waals surface area contributed by atoms with Gasteiger partial charge in [-0.1, -0.05) is 6.07 Å². The molecule has 0 aliphatic heterocycles. The highest BCUT2D eigenvalue weighted by Gasteiger charge is 2.14. The minimum atomic E-state index is -0.450. The van der Waals surface area contributed by atoms with Crippen molar-refractivity contribution in [3.05, 3.63) is 53.3 Å². The number of nitrogen functional groups attached to an aromatic ring is 1.